The Morgan fingerprint density at radius 1 is 0.944 bits per heavy atom. The minimum atomic E-state index is -0.693. The van der Waals surface area contributed by atoms with Gasteiger partial charge in [0, 0.05) is 6.20 Å². The van der Waals surface area contributed by atoms with Gasteiger partial charge in [-0.2, -0.15) is 0 Å². The second kappa shape index (κ2) is 9.87. The maximum Gasteiger partial charge on any atom is 0.339 e. The fourth-order valence-corrected chi connectivity index (χ4v) is 3.85. The van der Waals surface area contributed by atoms with Crippen LogP contribution in [-0.2, 0) is 20.8 Å². The monoisotopic (exact) mass is 488 g/mol. The number of amides is 1. The first kappa shape index (κ1) is 24.4. The fourth-order valence-electron chi connectivity index (χ4n) is 3.85. The van der Waals surface area contributed by atoms with Crippen molar-refractivity contribution < 1.29 is 23.9 Å². The van der Waals surface area contributed by atoms with Gasteiger partial charge in [0.1, 0.15) is 6.54 Å². The third-order valence-electron chi connectivity index (χ3n) is 5.84. The summed E-state index contributed by atoms with van der Waals surface area (Å²) in [4.78, 5) is 55.1. The van der Waals surface area contributed by atoms with Crippen molar-refractivity contribution in [3.8, 4) is 5.69 Å². The molecule has 0 bridgehead atoms. The van der Waals surface area contributed by atoms with Crippen LogP contribution < -0.4 is 10.9 Å². The molecule has 36 heavy (non-hydrogen) atoms. The third kappa shape index (κ3) is 4.48. The molecule has 2 aromatic carbocycles. The zero-order valence-corrected chi connectivity index (χ0v) is 20.2. The molecule has 1 amide bonds. The predicted molar refractivity (Wildman–Crippen MR) is 133 cm³/mol. The van der Waals surface area contributed by atoms with Gasteiger partial charge in [0.2, 0.25) is 5.91 Å². The molecule has 0 atom stereocenters. The van der Waals surface area contributed by atoms with Gasteiger partial charge in [-0.1, -0.05) is 6.07 Å². The number of pyridine rings is 1. The minimum absolute atomic E-state index is 0.0561. The lowest BCUT2D eigenvalue weighted by Crippen LogP contribution is -2.27. The third-order valence-corrected chi connectivity index (χ3v) is 5.84. The zero-order chi connectivity index (χ0) is 26.0. The number of hydrogen-bond donors (Lipinski definition) is 1. The molecular weight excluding hydrogens is 464 g/mol. The van der Waals surface area contributed by atoms with Gasteiger partial charge in [0.15, 0.2) is 5.65 Å². The highest BCUT2D eigenvalue weighted by atomic mass is 16.5. The van der Waals surface area contributed by atoms with Crippen LogP contribution in [-0.4, -0.2) is 46.4 Å². The van der Waals surface area contributed by atoms with E-state index in [2.05, 4.69) is 10.3 Å². The van der Waals surface area contributed by atoms with Crippen molar-refractivity contribution in [2.45, 2.75) is 20.4 Å². The average molecular weight is 489 g/mol. The molecule has 4 rings (SSSR count). The minimum Gasteiger partial charge on any atom is -0.465 e. The van der Waals surface area contributed by atoms with Crippen LogP contribution in [0.5, 0.6) is 0 Å². The summed E-state index contributed by atoms with van der Waals surface area (Å²) in [5.41, 5.74) is 2.89. The number of nitrogens with one attached hydrogen (secondary N) is 1. The summed E-state index contributed by atoms with van der Waals surface area (Å²) >= 11 is 0. The number of hydrogen-bond acceptors (Lipinski definition) is 7. The molecule has 10 heteroatoms. The molecule has 0 aliphatic rings. The highest BCUT2D eigenvalue weighted by molar-refractivity contribution is 6.03. The van der Waals surface area contributed by atoms with Crippen LogP contribution in [0.25, 0.3) is 16.7 Å². The summed E-state index contributed by atoms with van der Waals surface area (Å²) in [7, 11) is 2.44. The highest BCUT2D eigenvalue weighted by Crippen LogP contribution is 2.21. The largest absolute Gasteiger partial charge is 0.465 e. The Morgan fingerprint density at radius 2 is 1.69 bits per heavy atom. The normalized spacial score (nSPS) is 10.8. The number of esters is 2. The molecule has 0 aliphatic carbocycles. The van der Waals surface area contributed by atoms with Crippen LogP contribution >= 0.6 is 0 Å². The van der Waals surface area contributed by atoms with E-state index in [1.807, 2.05) is 26.0 Å². The second-order valence-corrected chi connectivity index (χ2v) is 8.11. The number of fused-ring (bicyclic) bond motifs is 1. The Balaban J connectivity index is 1.77. The van der Waals surface area contributed by atoms with Crippen LogP contribution in [0.4, 0.5) is 5.69 Å². The van der Waals surface area contributed by atoms with Crippen LogP contribution in [0.1, 0.15) is 31.8 Å². The SMILES string of the molecule is COC(=O)c1ccc(C(=O)OC)c(NC(=O)Cn2c3ncccc3c(=O)n2-c2ccc(C)c(C)c2)c1. The van der Waals surface area contributed by atoms with E-state index in [4.69, 9.17) is 9.47 Å². The number of anilines is 1. The van der Waals surface area contributed by atoms with Crippen molar-refractivity contribution in [1.29, 1.82) is 0 Å². The van der Waals surface area contributed by atoms with Gasteiger partial charge >= 0.3 is 11.9 Å². The predicted octanol–water partition coefficient (Wildman–Crippen LogP) is 3.02. The van der Waals surface area contributed by atoms with E-state index in [1.54, 1.807) is 18.2 Å². The molecule has 10 nitrogen and oxygen atoms in total. The first-order chi connectivity index (χ1) is 17.2. The van der Waals surface area contributed by atoms with Gasteiger partial charge < -0.3 is 14.8 Å². The van der Waals surface area contributed by atoms with Gasteiger partial charge in [-0.15, -0.1) is 0 Å². The van der Waals surface area contributed by atoms with Crippen LogP contribution in [0, 0.1) is 13.8 Å². The van der Waals surface area contributed by atoms with E-state index in [0.717, 1.165) is 11.1 Å². The summed E-state index contributed by atoms with van der Waals surface area (Å²) in [6, 6.07) is 12.9. The zero-order valence-electron chi connectivity index (χ0n) is 20.2. The molecular formula is C26H24N4O6. The van der Waals surface area contributed by atoms with Crippen molar-refractivity contribution >= 4 is 34.6 Å². The summed E-state index contributed by atoms with van der Waals surface area (Å²) < 4.78 is 12.4. The summed E-state index contributed by atoms with van der Waals surface area (Å²) in [5, 5.41) is 3.01. The number of benzene rings is 2. The number of carbonyl (C=O) groups is 3. The van der Waals surface area contributed by atoms with Gasteiger partial charge in [0.25, 0.3) is 5.56 Å². The number of ether oxygens (including phenoxy) is 2. The molecule has 1 N–H and O–H groups in total. The molecule has 0 radical (unpaired) electrons. The van der Waals surface area contributed by atoms with Gasteiger partial charge in [-0.3, -0.25) is 14.3 Å². The van der Waals surface area contributed by atoms with Gasteiger partial charge in [-0.25, -0.2) is 19.3 Å². The van der Waals surface area contributed by atoms with Crippen LogP contribution in [0.15, 0.2) is 59.5 Å². The average Bonchev–Trinajstić information content (AvgIpc) is 3.15. The first-order valence-electron chi connectivity index (χ1n) is 11.0. The number of nitrogens with zero attached hydrogens (tertiary/aromatic N) is 3. The molecule has 2 heterocycles. The lowest BCUT2D eigenvalue weighted by Gasteiger charge is -2.15. The Bertz CT molecular complexity index is 1570. The Morgan fingerprint density at radius 3 is 2.39 bits per heavy atom. The maximum absolute atomic E-state index is 13.3. The van der Waals surface area contributed by atoms with E-state index >= 15 is 0 Å². The smallest absolute Gasteiger partial charge is 0.339 e. The number of aromatic nitrogens is 3. The van der Waals surface area contributed by atoms with E-state index in [0.29, 0.717) is 16.7 Å². The molecule has 0 fully saturated rings. The van der Waals surface area contributed by atoms with Crippen molar-refractivity contribution in [2.75, 3.05) is 19.5 Å². The topological polar surface area (TPSA) is 122 Å². The Kier molecular flexibility index (Phi) is 6.69. The quantitative estimate of drug-likeness (QED) is 0.414. The van der Waals surface area contributed by atoms with E-state index in [1.165, 1.54) is 48.0 Å². The molecule has 0 saturated carbocycles. The van der Waals surface area contributed by atoms with Crippen LogP contribution in [0.3, 0.4) is 0 Å². The molecule has 0 saturated heterocycles. The lowest BCUT2D eigenvalue weighted by molar-refractivity contribution is -0.116. The fraction of sp³-hybridized carbons (Fsp3) is 0.192. The highest BCUT2D eigenvalue weighted by Gasteiger charge is 2.21. The molecule has 4 aromatic rings. The van der Waals surface area contributed by atoms with E-state index in [-0.39, 0.29) is 28.9 Å². The maximum atomic E-state index is 13.3. The lowest BCUT2D eigenvalue weighted by atomic mass is 10.1. The van der Waals surface area contributed by atoms with Crippen molar-refractivity contribution in [3.63, 3.8) is 0 Å². The first-order valence-corrected chi connectivity index (χ1v) is 11.0. The standard InChI is InChI=1S/C26H24N4O6/c1-15-7-9-18(12-16(15)2)30-24(32)20-6-5-11-27-23(20)29(30)14-22(31)28-21-13-17(25(33)35-3)8-10-19(21)26(34)36-4/h5-13H,14H2,1-4H3,(H,28,31). The van der Waals surface area contributed by atoms with E-state index < -0.39 is 17.8 Å². The number of aryl methyl sites for hydroxylation is 2. The van der Waals surface area contributed by atoms with Gasteiger partial charge in [0.05, 0.1) is 42.1 Å². The molecule has 184 valence electrons. The van der Waals surface area contributed by atoms with E-state index in [9.17, 15) is 19.2 Å². The van der Waals surface area contributed by atoms with Crippen molar-refractivity contribution in [2.24, 2.45) is 0 Å². The van der Waals surface area contributed by atoms with Gasteiger partial charge in [-0.05, 0) is 67.4 Å². The van der Waals surface area contributed by atoms with Crippen LogP contribution in [0.2, 0.25) is 0 Å². The van der Waals surface area contributed by atoms with Crippen molar-refractivity contribution in [1.82, 2.24) is 14.3 Å². The Hall–Kier alpha value is -4.73. The molecule has 0 aliphatic heterocycles. The molecule has 0 spiro atoms. The Labute approximate surface area is 206 Å². The number of carbonyl (C=O) groups excluding carboxylic acids is 3. The van der Waals surface area contributed by atoms with Crippen molar-refractivity contribution in [3.05, 3.63) is 87.3 Å². The summed E-state index contributed by atoms with van der Waals surface area (Å²) in [6.07, 6.45) is 1.54. The summed E-state index contributed by atoms with van der Waals surface area (Å²) in [6.45, 7) is 3.60. The summed E-state index contributed by atoms with van der Waals surface area (Å²) in [5.74, 6) is -1.88. The second-order valence-electron chi connectivity index (χ2n) is 8.11. The number of methoxy groups -OCH3 is 2. The molecule has 0 unspecified atom stereocenters. The molecule has 2 aromatic heterocycles. The number of rotatable bonds is 6.